The molecule has 0 bridgehead atoms. The number of aliphatic hydroxyl groups is 2. The van der Waals surface area contributed by atoms with Gasteiger partial charge in [0.2, 0.25) is 6.79 Å². The van der Waals surface area contributed by atoms with Gasteiger partial charge in [-0.1, -0.05) is 0 Å². The van der Waals surface area contributed by atoms with Crippen molar-refractivity contribution >= 4 is 0 Å². The fraction of sp³-hybridized carbons (Fsp3) is 0.700. The molecule has 0 aliphatic carbocycles. The second-order valence-electron chi connectivity index (χ2n) is 7.62. The van der Waals surface area contributed by atoms with Crippen LogP contribution in [0.4, 0.5) is 0 Å². The SMILES string of the molecule is CC(C)OC[C@@H](O)CN1CCN(C[C@H](O)COc2ccc3c(c2)OCO3)CC1. The zero-order chi connectivity index (χ0) is 19.9. The van der Waals surface area contributed by atoms with Gasteiger partial charge in [-0.15, -0.1) is 0 Å². The Morgan fingerprint density at radius 2 is 1.54 bits per heavy atom. The molecule has 2 heterocycles. The normalized spacial score (nSPS) is 19.8. The van der Waals surface area contributed by atoms with Crippen LogP contribution in [0, 0.1) is 0 Å². The summed E-state index contributed by atoms with van der Waals surface area (Å²) in [4.78, 5) is 4.46. The van der Waals surface area contributed by atoms with E-state index in [0.29, 0.717) is 36.9 Å². The lowest BCUT2D eigenvalue weighted by Crippen LogP contribution is -2.51. The summed E-state index contributed by atoms with van der Waals surface area (Å²) in [6.45, 7) is 9.41. The molecule has 158 valence electrons. The maximum absolute atomic E-state index is 10.3. The van der Waals surface area contributed by atoms with E-state index < -0.39 is 12.2 Å². The third-order valence-corrected chi connectivity index (χ3v) is 4.81. The molecule has 0 spiro atoms. The summed E-state index contributed by atoms with van der Waals surface area (Å²) in [5, 5.41) is 20.3. The largest absolute Gasteiger partial charge is 0.491 e. The Morgan fingerprint density at radius 1 is 0.929 bits per heavy atom. The summed E-state index contributed by atoms with van der Waals surface area (Å²) in [6, 6.07) is 5.40. The van der Waals surface area contributed by atoms with E-state index in [0.717, 1.165) is 26.2 Å². The fourth-order valence-electron chi connectivity index (χ4n) is 3.32. The van der Waals surface area contributed by atoms with E-state index in [1.165, 1.54) is 0 Å². The molecule has 1 saturated heterocycles. The van der Waals surface area contributed by atoms with Gasteiger partial charge < -0.3 is 29.2 Å². The number of nitrogens with zero attached hydrogens (tertiary/aromatic N) is 2. The number of ether oxygens (including phenoxy) is 4. The smallest absolute Gasteiger partial charge is 0.231 e. The average molecular weight is 396 g/mol. The van der Waals surface area contributed by atoms with Gasteiger partial charge in [-0.05, 0) is 26.0 Å². The van der Waals surface area contributed by atoms with Crippen LogP contribution in [0.3, 0.4) is 0 Å². The van der Waals surface area contributed by atoms with Gasteiger partial charge >= 0.3 is 0 Å². The van der Waals surface area contributed by atoms with Gasteiger partial charge in [0.15, 0.2) is 11.5 Å². The van der Waals surface area contributed by atoms with Crippen LogP contribution in [0.2, 0.25) is 0 Å². The van der Waals surface area contributed by atoms with Crippen molar-refractivity contribution in [3.63, 3.8) is 0 Å². The topological polar surface area (TPSA) is 83.9 Å². The lowest BCUT2D eigenvalue weighted by Gasteiger charge is -2.36. The van der Waals surface area contributed by atoms with Crippen LogP contribution in [0.1, 0.15) is 13.8 Å². The van der Waals surface area contributed by atoms with Crippen molar-refractivity contribution in [2.45, 2.75) is 32.2 Å². The highest BCUT2D eigenvalue weighted by molar-refractivity contribution is 5.46. The number of hydrogen-bond acceptors (Lipinski definition) is 8. The number of benzene rings is 1. The minimum absolute atomic E-state index is 0.132. The molecule has 2 atom stereocenters. The molecule has 0 unspecified atom stereocenters. The van der Waals surface area contributed by atoms with Crippen LogP contribution < -0.4 is 14.2 Å². The number of β-amino-alcohol motifs (C(OH)–C–C–N with tert-alkyl or cyclic N) is 2. The predicted octanol–water partition coefficient (Wildman–Crippen LogP) is 0.559. The Morgan fingerprint density at radius 3 is 2.18 bits per heavy atom. The Labute approximate surface area is 166 Å². The molecule has 0 radical (unpaired) electrons. The lowest BCUT2D eigenvalue weighted by molar-refractivity contribution is -0.0176. The Bertz CT molecular complexity index is 606. The predicted molar refractivity (Wildman–Crippen MR) is 104 cm³/mol. The summed E-state index contributed by atoms with van der Waals surface area (Å²) >= 11 is 0. The van der Waals surface area contributed by atoms with E-state index in [-0.39, 0.29) is 19.5 Å². The lowest BCUT2D eigenvalue weighted by atomic mass is 10.2. The third kappa shape index (κ3) is 6.49. The van der Waals surface area contributed by atoms with Gasteiger partial charge in [-0.2, -0.15) is 0 Å². The maximum atomic E-state index is 10.3. The zero-order valence-corrected chi connectivity index (χ0v) is 16.7. The van der Waals surface area contributed by atoms with Crippen molar-refractivity contribution in [3.8, 4) is 17.2 Å². The van der Waals surface area contributed by atoms with Gasteiger partial charge in [0, 0.05) is 45.3 Å². The van der Waals surface area contributed by atoms with Gasteiger partial charge in [0.1, 0.15) is 18.5 Å². The van der Waals surface area contributed by atoms with E-state index in [4.69, 9.17) is 18.9 Å². The molecule has 8 heteroatoms. The minimum atomic E-state index is -0.568. The van der Waals surface area contributed by atoms with Gasteiger partial charge in [0.05, 0.1) is 18.8 Å². The first-order valence-corrected chi connectivity index (χ1v) is 9.94. The van der Waals surface area contributed by atoms with Crippen LogP contribution in [-0.4, -0.2) is 97.6 Å². The van der Waals surface area contributed by atoms with E-state index in [1.807, 2.05) is 26.0 Å². The first-order valence-electron chi connectivity index (χ1n) is 9.94. The molecule has 1 fully saturated rings. The molecule has 1 aromatic carbocycles. The minimum Gasteiger partial charge on any atom is -0.491 e. The maximum Gasteiger partial charge on any atom is 0.231 e. The highest BCUT2D eigenvalue weighted by atomic mass is 16.7. The van der Waals surface area contributed by atoms with Crippen LogP contribution in [0.25, 0.3) is 0 Å². The van der Waals surface area contributed by atoms with Crippen molar-refractivity contribution in [2.75, 3.05) is 59.3 Å². The first-order chi connectivity index (χ1) is 13.5. The van der Waals surface area contributed by atoms with Gasteiger partial charge in [0.25, 0.3) is 0 Å². The number of fused-ring (bicyclic) bond motifs is 1. The number of aliphatic hydroxyl groups excluding tert-OH is 2. The summed E-state index contributed by atoms with van der Waals surface area (Å²) in [5.41, 5.74) is 0. The molecular formula is C20H32N2O6. The Balaban J connectivity index is 1.32. The molecule has 0 saturated carbocycles. The first kappa shape index (κ1) is 21.1. The number of piperazine rings is 1. The van der Waals surface area contributed by atoms with Crippen molar-refractivity contribution in [1.29, 1.82) is 0 Å². The van der Waals surface area contributed by atoms with E-state index in [9.17, 15) is 10.2 Å². The molecular weight excluding hydrogens is 364 g/mol. The van der Waals surface area contributed by atoms with Gasteiger partial charge in [-0.25, -0.2) is 0 Å². The van der Waals surface area contributed by atoms with Crippen molar-refractivity contribution in [2.24, 2.45) is 0 Å². The van der Waals surface area contributed by atoms with E-state index in [2.05, 4.69) is 9.80 Å². The molecule has 28 heavy (non-hydrogen) atoms. The molecule has 2 aliphatic heterocycles. The monoisotopic (exact) mass is 396 g/mol. The molecule has 1 aromatic rings. The average Bonchev–Trinajstić information content (AvgIpc) is 3.14. The summed E-state index contributed by atoms with van der Waals surface area (Å²) in [5.74, 6) is 2.04. The molecule has 8 nitrogen and oxygen atoms in total. The molecule has 2 N–H and O–H groups in total. The summed E-state index contributed by atoms with van der Waals surface area (Å²) in [6.07, 6.45) is -0.899. The van der Waals surface area contributed by atoms with Crippen LogP contribution in [0.15, 0.2) is 18.2 Å². The highest BCUT2D eigenvalue weighted by Crippen LogP contribution is 2.35. The Kier molecular flexibility index (Phi) is 7.75. The molecule has 0 amide bonds. The number of rotatable bonds is 10. The quantitative estimate of drug-likeness (QED) is 0.594. The van der Waals surface area contributed by atoms with Crippen LogP contribution in [0.5, 0.6) is 17.2 Å². The van der Waals surface area contributed by atoms with Crippen molar-refractivity contribution < 1.29 is 29.2 Å². The third-order valence-electron chi connectivity index (χ3n) is 4.81. The van der Waals surface area contributed by atoms with Crippen LogP contribution in [-0.2, 0) is 4.74 Å². The molecule has 2 aliphatic rings. The van der Waals surface area contributed by atoms with Gasteiger partial charge in [-0.3, -0.25) is 9.80 Å². The summed E-state index contributed by atoms with van der Waals surface area (Å²) < 4.78 is 21.7. The second-order valence-corrected chi connectivity index (χ2v) is 7.62. The van der Waals surface area contributed by atoms with Crippen LogP contribution >= 0.6 is 0 Å². The standard InChI is InChI=1S/C20H32N2O6/c1-15(2)25-12-16(23)10-21-5-7-22(8-6-21)11-17(24)13-26-18-3-4-19-20(9-18)28-14-27-19/h3-4,9,15-17,23-24H,5-8,10-14H2,1-2H3/t16-,17-/m0/s1. The zero-order valence-electron chi connectivity index (χ0n) is 16.7. The Hall–Kier alpha value is -1.58. The highest BCUT2D eigenvalue weighted by Gasteiger charge is 2.21. The van der Waals surface area contributed by atoms with E-state index in [1.54, 1.807) is 6.07 Å². The van der Waals surface area contributed by atoms with E-state index >= 15 is 0 Å². The van der Waals surface area contributed by atoms with Crippen molar-refractivity contribution in [1.82, 2.24) is 9.80 Å². The van der Waals surface area contributed by atoms with Crippen molar-refractivity contribution in [3.05, 3.63) is 18.2 Å². The molecule has 0 aromatic heterocycles. The second kappa shape index (κ2) is 10.3. The molecule has 3 rings (SSSR count). The fourth-order valence-corrected chi connectivity index (χ4v) is 3.32. The summed E-state index contributed by atoms with van der Waals surface area (Å²) in [7, 11) is 0. The number of hydrogen-bond donors (Lipinski definition) is 2.